The Kier molecular flexibility index (Phi) is 5.16. The Bertz CT molecular complexity index is 467. The Labute approximate surface area is 119 Å². The summed E-state index contributed by atoms with van der Waals surface area (Å²) in [5.41, 5.74) is 1.12. The normalized spacial score (nSPS) is 15.2. The summed E-state index contributed by atoms with van der Waals surface area (Å²) in [5.74, 6) is 1.10. The van der Waals surface area contributed by atoms with Gasteiger partial charge in [-0.1, -0.05) is 12.1 Å². The molecule has 0 spiro atoms. The number of Topliss-reactive ketones (excluding diaryl/α,β-unsaturated/α-hetero) is 1. The molecule has 1 aromatic carbocycles. The molecule has 0 aromatic heterocycles. The zero-order valence-corrected chi connectivity index (χ0v) is 11.9. The lowest BCUT2D eigenvalue weighted by atomic mass is 10.1. The fourth-order valence-electron chi connectivity index (χ4n) is 2.38. The number of aryl methyl sites for hydroxylation is 1. The quantitative estimate of drug-likeness (QED) is 0.827. The minimum absolute atomic E-state index is 0.0759. The molecule has 4 heteroatoms. The van der Waals surface area contributed by atoms with Gasteiger partial charge in [0.2, 0.25) is 5.91 Å². The molecule has 0 N–H and O–H groups in total. The van der Waals surface area contributed by atoms with Crippen molar-refractivity contribution in [2.45, 2.75) is 32.6 Å². The van der Waals surface area contributed by atoms with E-state index in [1.54, 1.807) is 4.90 Å². The van der Waals surface area contributed by atoms with Gasteiger partial charge < -0.3 is 9.64 Å². The molecular formula is C16H21NO3. The van der Waals surface area contributed by atoms with Crippen molar-refractivity contribution < 1.29 is 14.3 Å². The molecule has 0 aliphatic carbocycles. The molecule has 1 amide bonds. The van der Waals surface area contributed by atoms with Gasteiger partial charge in [-0.3, -0.25) is 9.59 Å². The lowest BCUT2D eigenvalue weighted by molar-refractivity contribution is -0.137. The van der Waals surface area contributed by atoms with Crippen molar-refractivity contribution in [1.29, 1.82) is 0 Å². The largest absolute Gasteiger partial charge is 0.494 e. The van der Waals surface area contributed by atoms with Crippen LogP contribution in [0.5, 0.6) is 5.75 Å². The Hall–Kier alpha value is -1.84. The molecular weight excluding hydrogens is 254 g/mol. The van der Waals surface area contributed by atoms with Gasteiger partial charge in [0.1, 0.15) is 5.75 Å². The predicted octanol–water partition coefficient (Wildman–Crippen LogP) is 2.21. The number of rotatable bonds is 5. The van der Waals surface area contributed by atoms with Crippen LogP contribution in [0.25, 0.3) is 0 Å². The molecule has 108 valence electrons. The number of ketones is 1. The van der Waals surface area contributed by atoms with E-state index in [2.05, 4.69) is 0 Å². The minimum atomic E-state index is 0.0759. The Morgan fingerprint density at radius 3 is 2.70 bits per heavy atom. The lowest BCUT2D eigenvalue weighted by Gasteiger charge is -2.25. The number of ether oxygens (including phenoxy) is 1. The van der Waals surface area contributed by atoms with E-state index >= 15 is 0 Å². The first-order valence-corrected chi connectivity index (χ1v) is 7.20. The number of likely N-dealkylation sites (tertiary alicyclic amines) is 1. The molecule has 0 bridgehead atoms. The first-order chi connectivity index (χ1) is 9.69. The number of carbonyl (C=O) groups is 2. The van der Waals surface area contributed by atoms with Gasteiger partial charge in [0.25, 0.3) is 0 Å². The summed E-state index contributed by atoms with van der Waals surface area (Å²) < 4.78 is 5.38. The van der Waals surface area contributed by atoms with E-state index in [9.17, 15) is 9.59 Å². The van der Waals surface area contributed by atoms with Gasteiger partial charge >= 0.3 is 0 Å². The van der Waals surface area contributed by atoms with Crippen LogP contribution >= 0.6 is 0 Å². The number of hydrogen-bond acceptors (Lipinski definition) is 3. The van der Waals surface area contributed by atoms with Gasteiger partial charge in [-0.05, 0) is 37.5 Å². The van der Waals surface area contributed by atoms with E-state index < -0.39 is 0 Å². The average molecular weight is 275 g/mol. The molecule has 1 fully saturated rings. The molecule has 0 atom stereocenters. The van der Waals surface area contributed by atoms with Crippen molar-refractivity contribution in [2.24, 2.45) is 0 Å². The van der Waals surface area contributed by atoms with Crippen molar-refractivity contribution in [3.8, 4) is 5.75 Å². The zero-order valence-electron chi connectivity index (χ0n) is 11.9. The summed E-state index contributed by atoms with van der Waals surface area (Å²) in [5, 5.41) is 0. The molecule has 0 saturated carbocycles. The lowest BCUT2D eigenvalue weighted by Crippen LogP contribution is -2.40. The highest BCUT2D eigenvalue weighted by Gasteiger charge is 2.20. The minimum Gasteiger partial charge on any atom is -0.494 e. The number of carbonyl (C=O) groups excluding carboxylic acids is 2. The number of benzene rings is 1. The molecule has 2 rings (SSSR count). The topological polar surface area (TPSA) is 46.6 Å². The molecule has 1 heterocycles. The second-order valence-corrected chi connectivity index (χ2v) is 5.03. The molecule has 1 aliphatic rings. The van der Waals surface area contributed by atoms with Crippen LogP contribution in [-0.2, 0) is 16.0 Å². The highest BCUT2D eigenvalue weighted by Crippen LogP contribution is 2.14. The van der Waals surface area contributed by atoms with Crippen LogP contribution in [-0.4, -0.2) is 36.3 Å². The van der Waals surface area contributed by atoms with E-state index in [4.69, 9.17) is 4.74 Å². The zero-order chi connectivity index (χ0) is 14.4. The summed E-state index contributed by atoms with van der Waals surface area (Å²) in [6.07, 6.45) is 2.58. The van der Waals surface area contributed by atoms with Crippen molar-refractivity contribution in [1.82, 2.24) is 4.90 Å². The van der Waals surface area contributed by atoms with Gasteiger partial charge in [0.15, 0.2) is 5.78 Å². The molecule has 1 aromatic rings. The Morgan fingerprint density at radius 2 is 2.05 bits per heavy atom. The van der Waals surface area contributed by atoms with Crippen LogP contribution in [0.4, 0.5) is 0 Å². The third-order valence-electron chi connectivity index (χ3n) is 3.47. The van der Waals surface area contributed by atoms with E-state index in [1.165, 1.54) is 0 Å². The first-order valence-electron chi connectivity index (χ1n) is 7.20. The van der Waals surface area contributed by atoms with Crippen molar-refractivity contribution >= 4 is 11.7 Å². The maximum Gasteiger partial charge on any atom is 0.223 e. The van der Waals surface area contributed by atoms with Crippen LogP contribution in [0.15, 0.2) is 24.3 Å². The highest BCUT2D eigenvalue weighted by molar-refractivity contribution is 5.87. The van der Waals surface area contributed by atoms with Crippen LogP contribution in [0.2, 0.25) is 0 Å². The molecule has 0 unspecified atom stereocenters. The van der Waals surface area contributed by atoms with Crippen molar-refractivity contribution in [3.63, 3.8) is 0 Å². The summed E-state index contributed by atoms with van der Waals surface area (Å²) in [6.45, 7) is 3.61. The molecule has 20 heavy (non-hydrogen) atoms. The Morgan fingerprint density at radius 1 is 1.30 bits per heavy atom. The summed E-state index contributed by atoms with van der Waals surface area (Å²) in [7, 11) is 0. The summed E-state index contributed by atoms with van der Waals surface area (Å²) in [4.78, 5) is 25.1. The van der Waals surface area contributed by atoms with E-state index in [-0.39, 0.29) is 11.7 Å². The third kappa shape index (κ3) is 4.08. The monoisotopic (exact) mass is 275 g/mol. The Balaban J connectivity index is 1.82. The first kappa shape index (κ1) is 14.6. The second-order valence-electron chi connectivity index (χ2n) is 5.03. The summed E-state index contributed by atoms with van der Waals surface area (Å²) in [6, 6.07) is 7.82. The summed E-state index contributed by atoms with van der Waals surface area (Å²) >= 11 is 0. The van der Waals surface area contributed by atoms with Crippen molar-refractivity contribution in [2.75, 3.05) is 19.7 Å². The van der Waals surface area contributed by atoms with E-state index in [1.807, 2.05) is 31.2 Å². The van der Waals surface area contributed by atoms with Crippen LogP contribution in [0.1, 0.15) is 31.7 Å². The smallest absolute Gasteiger partial charge is 0.223 e. The number of nitrogens with zero attached hydrogens (tertiary/aromatic N) is 1. The maximum absolute atomic E-state index is 12.0. The highest BCUT2D eigenvalue weighted by atomic mass is 16.5. The van der Waals surface area contributed by atoms with Crippen LogP contribution in [0, 0.1) is 0 Å². The molecule has 1 aliphatic heterocycles. The van der Waals surface area contributed by atoms with Gasteiger partial charge in [-0.15, -0.1) is 0 Å². The second kappa shape index (κ2) is 7.08. The van der Waals surface area contributed by atoms with Gasteiger partial charge in [-0.25, -0.2) is 0 Å². The number of hydrogen-bond donors (Lipinski definition) is 0. The molecule has 0 radical (unpaired) electrons. The van der Waals surface area contributed by atoms with E-state index in [0.29, 0.717) is 39.0 Å². The predicted molar refractivity (Wildman–Crippen MR) is 76.8 cm³/mol. The fraction of sp³-hybridized carbons (Fsp3) is 0.500. The standard InChI is InChI=1S/C16H21NO3/c1-2-20-15-8-5-13(6-9-15)7-10-16(19)17-11-3-4-14(18)12-17/h5-6,8-9H,2-4,7,10-12H2,1H3. The van der Waals surface area contributed by atoms with Crippen LogP contribution < -0.4 is 4.74 Å². The SMILES string of the molecule is CCOc1ccc(CCC(=O)N2CCCC(=O)C2)cc1. The molecule has 4 nitrogen and oxygen atoms in total. The van der Waals surface area contributed by atoms with Gasteiger partial charge in [-0.2, -0.15) is 0 Å². The van der Waals surface area contributed by atoms with Gasteiger partial charge in [0, 0.05) is 19.4 Å². The third-order valence-corrected chi connectivity index (χ3v) is 3.47. The number of piperidine rings is 1. The fourth-order valence-corrected chi connectivity index (χ4v) is 2.38. The molecule has 1 saturated heterocycles. The van der Waals surface area contributed by atoms with Crippen LogP contribution in [0.3, 0.4) is 0 Å². The maximum atomic E-state index is 12.0. The van der Waals surface area contributed by atoms with Gasteiger partial charge in [0.05, 0.1) is 13.2 Å². The van der Waals surface area contributed by atoms with Crippen molar-refractivity contribution in [3.05, 3.63) is 29.8 Å². The number of amides is 1. The average Bonchev–Trinajstić information content (AvgIpc) is 2.46. The van der Waals surface area contributed by atoms with E-state index in [0.717, 1.165) is 17.7 Å².